The number of allylic oxidation sites excluding steroid dienone is 4. The largest absolute Gasteiger partial charge is 0.350 e. The summed E-state index contributed by atoms with van der Waals surface area (Å²) < 4.78 is 24.3. The Kier molecular flexibility index (Phi) is 4.76. The molecule has 0 radical (unpaired) electrons. The zero-order chi connectivity index (χ0) is 23.9. The number of hydrazone groups is 1. The SMILES string of the molecule is C[C@H]1C[C@H]2[C@@H]3CCC4=C/C(=N/NC(N)=O)C=C[C@]4(C)[C@H]3C(=O)C[C@]2(C)[C@]12OCOC21COCO1. The number of Topliss-reactive ketones (excluding diaryl/α,β-unsaturated/α-hetero) is 1. The highest BCUT2D eigenvalue weighted by atomic mass is 16.9. The van der Waals surface area contributed by atoms with E-state index in [0.29, 0.717) is 24.7 Å². The van der Waals surface area contributed by atoms with E-state index in [1.807, 2.05) is 12.2 Å². The van der Waals surface area contributed by atoms with Crippen molar-refractivity contribution >= 4 is 17.5 Å². The van der Waals surface area contributed by atoms with E-state index in [0.717, 1.165) is 19.3 Å². The summed E-state index contributed by atoms with van der Waals surface area (Å²) in [6.07, 6.45) is 9.18. The van der Waals surface area contributed by atoms with E-state index in [1.165, 1.54) is 5.57 Å². The molecule has 2 spiro atoms. The number of amides is 2. The third-order valence-corrected chi connectivity index (χ3v) is 9.92. The van der Waals surface area contributed by atoms with Crippen molar-refractivity contribution in [3.8, 4) is 0 Å². The number of nitrogens with one attached hydrogen (secondary N) is 1. The molecule has 0 bridgehead atoms. The van der Waals surface area contributed by atoms with E-state index in [4.69, 9.17) is 24.7 Å². The van der Waals surface area contributed by atoms with Gasteiger partial charge in [-0.2, -0.15) is 5.10 Å². The number of carbonyl (C=O) groups is 2. The number of fused-ring (bicyclic) bond motifs is 7. The minimum Gasteiger partial charge on any atom is -0.350 e. The van der Waals surface area contributed by atoms with Gasteiger partial charge < -0.3 is 24.7 Å². The van der Waals surface area contributed by atoms with Crippen molar-refractivity contribution in [2.45, 2.75) is 57.8 Å². The third kappa shape index (κ3) is 2.61. The molecule has 34 heavy (non-hydrogen) atoms. The monoisotopic (exact) mass is 471 g/mol. The maximum atomic E-state index is 14.0. The first-order valence-corrected chi connectivity index (χ1v) is 12.2. The second-order valence-corrected chi connectivity index (χ2v) is 11.3. The number of ketones is 1. The summed E-state index contributed by atoms with van der Waals surface area (Å²) in [4.78, 5) is 25.1. The highest BCUT2D eigenvalue weighted by molar-refractivity contribution is 6.06. The Morgan fingerprint density at radius 1 is 1.24 bits per heavy atom. The fourth-order valence-corrected chi connectivity index (χ4v) is 8.75. The van der Waals surface area contributed by atoms with Gasteiger partial charge in [0.2, 0.25) is 5.79 Å². The van der Waals surface area contributed by atoms with Gasteiger partial charge in [0.1, 0.15) is 18.0 Å². The lowest BCUT2D eigenvalue weighted by Gasteiger charge is -2.58. The molecule has 6 rings (SSSR count). The molecule has 4 aliphatic carbocycles. The minimum absolute atomic E-state index is 0.103. The first-order chi connectivity index (χ1) is 16.2. The Morgan fingerprint density at radius 2 is 2.03 bits per heavy atom. The van der Waals surface area contributed by atoms with Crippen LogP contribution in [0.3, 0.4) is 0 Å². The fourth-order valence-electron chi connectivity index (χ4n) is 8.75. The number of nitrogens with zero attached hydrogens (tertiary/aromatic N) is 1. The van der Waals surface area contributed by atoms with Crippen LogP contribution >= 0.6 is 0 Å². The number of urea groups is 1. The molecule has 8 atom stereocenters. The van der Waals surface area contributed by atoms with Crippen LogP contribution in [0, 0.1) is 34.5 Å². The Labute approximate surface area is 199 Å². The number of nitrogens with two attached hydrogens (primary N) is 1. The van der Waals surface area contributed by atoms with Gasteiger partial charge in [0.15, 0.2) is 13.6 Å². The van der Waals surface area contributed by atoms with Crippen LogP contribution in [0.4, 0.5) is 4.79 Å². The van der Waals surface area contributed by atoms with Crippen molar-refractivity contribution in [3.05, 3.63) is 23.8 Å². The molecular formula is C25H33N3O6. The number of primary amides is 1. The lowest BCUT2D eigenvalue weighted by molar-refractivity contribution is -0.256. The Hall–Kier alpha value is -2.07. The molecule has 0 aromatic rings. The van der Waals surface area contributed by atoms with Gasteiger partial charge in [-0.3, -0.25) is 4.79 Å². The van der Waals surface area contributed by atoms with Gasteiger partial charge in [0.25, 0.3) is 0 Å². The van der Waals surface area contributed by atoms with Gasteiger partial charge in [-0.15, -0.1) is 0 Å². The molecule has 9 nitrogen and oxygen atoms in total. The molecule has 2 aliphatic heterocycles. The van der Waals surface area contributed by atoms with Gasteiger partial charge in [0.05, 0.1) is 5.71 Å². The zero-order valence-electron chi connectivity index (χ0n) is 20.0. The predicted octanol–water partition coefficient (Wildman–Crippen LogP) is 2.62. The summed E-state index contributed by atoms with van der Waals surface area (Å²) in [5.41, 5.74) is 7.80. The average molecular weight is 472 g/mol. The van der Waals surface area contributed by atoms with E-state index in [-0.39, 0.29) is 42.5 Å². The van der Waals surface area contributed by atoms with Crippen molar-refractivity contribution in [2.75, 3.05) is 20.2 Å². The molecule has 9 heteroatoms. The summed E-state index contributed by atoms with van der Waals surface area (Å²) >= 11 is 0. The summed E-state index contributed by atoms with van der Waals surface area (Å²) in [6, 6.07) is -0.699. The first kappa shape index (κ1) is 22.4. The van der Waals surface area contributed by atoms with E-state index in [2.05, 4.69) is 37.4 Å². The Balaban J connectivity index is 1.37. The van der Waals surface area contributed by atoms with Gasteiger partial charge in [-0.1, -0.05) is 32.4 Å². The molecule has 3 N–H and O–H groups in total. The van der Waals surface area contributed by atoms with Crippen LogP contribution in [0.1, 0.15) is 46.5 Å². The quantitative estimate of drug-likeness (QED) is 0.567. The highest BCUT2D eigenvalue weighted by Gasteiger charge is 2.79. The summed E-state index contributed by atoms with van der Waals surface area (Å²) in [5.74, 6) is -0.0551. The highest BCUT2D eigenvalue weighted by Crippen LogP contribution is 2.71. The molecule has 2 saturated heterocycles. The molecule has 1 unspecified atom stereocenters. The topological polar surface area (TPSA) is 121 Å². The first-order valence-electron chi connectivity index (χ1n) is 12.2. The van der Waals surface area contributed by atoms with E-state index >= 15 is 0 Å². The lowest BCUT2D eigenvalue weighted by atomic mass is 9.46. The smallest absolute Gasteiger partial charge is 0.332 e. The van der Waals surface area contributed by atoms with E-state index < -0.39 is 22.8 Å². The molecule has 184 valence electrons. The third-order valence-electron chi connectivity index (χ3n) is 9.92. The lowest BCUT2D eigenvalue weighted by Crippen LogP contribution is -2.67. The van der Waals surface area contributed by atoms with E-state index in [9.17, 15) is 9.59 Å². The van der Waals surface area contributed by atoms with Crippen molar-refractivity contribution in [1.82, 2.24) is 5.43 Å². The molecule has 6 aliphatic rings. The molecule has 0 aromatic heterocycles. The predicted molar refractivity (Wildman–Crippen MR) is 121 cm³/mol. The molecular weight excluding hydrogens is 438 g/mol. The summed E-state index contributed by atoms with van der Waals surface area (Å²) in [6.45, 7) is 7.28. The number of rotatable bonds is 1. The Bertz CT molecular complexity index is 1030. The maximum Gasteiger partial charge on any atom is 0.332 e. The minimum atomic E-state index is -0.948. The number of carbonyl (C=O) groups excluding carboxylic acids is 2. The number of ether oxygens (including phenoxy) is 4. The van der Waals surface area contributed by atoms with Gasteiger partial charge in [-0.25, -0.2) is 10.2 Å². The van der Waals surface area contributed by atoms with Crippen LogP contribution < -0.4 is 11.2 Å². The van der Waals surface area contributed by atoms with E-state index in [1.54, 1.807) is 0 Å². The molecule has 2 amide bonds. The number of hydrogen-bond donors (Lipinski definition) is 2. The second kappa shape index (κ2) is 7.22. The van der Waals surface area contributed by atoms with Crippen LogP contribution in [0.2, 0.25) is 0 Å². The van der Waals surface area contributed by atoms with Gasteiger partial charge in [-0.05, 0) is 49.2 Å². The Morgan fingerprint density at radius 3 is 2.76 bits per heavy atom. The normalized spacial score (nSPS) is 50.4. The summed E-state index contributed by atoms with van der Waals surface area (Å²) in [7, 11) is 0. The second-order valence-electron chi connectivity index (χ2n) is 11.3. The molecule has 5 fully saturated rings. The molecule has 0 aromatic carbocycles. The molecule has 2 heterocycles. The van der Waals surface area contributed by atoms with Crippen LogP contribution in [0.5, 0.6) is 0 Å². The van der Waals surface area contributed by atoms with Gasteiger partial charge >= 0.3 is 6.03 Å². The van der Waals surface area contributed by atoms with Crippen molar-refractivity contribution in [2.24, 2.45) is 45.3 Å². The molecule has 3 saturated carbocycles. The average Bonchev–Trinajstić information content (AvgIpc) is 3.47. The van der Waals surface area contributed by atoms with Crippen molar-refractivity contribution < 1.29 is 28.5 Å². The van der Waals surface area contributed by atoms with Crippen LogP contribution in [-0.2, 0) is 23.7 Å². The summed E-state index contributed by atoms with van der Waals surface area (Å²) in [5, 5.41) is 4.08. The maximum absolute atomic E-state index is 14.0. The van der Waals surface area contributed by atoms with Crippen LogP contribution in [-0.4, -0.2) is 49.1 Å². The standard InChI is InChI=1S/C25H33N3O6/c1-14-8-18-17-5-4-15-9-16(27-28-21(26)30)6-7-22(15,2)20(17)19(29)10-23(18,3)25(14)24(33-13-34-25)11-31-12-32-24/h6-7,9,14,17-18,20H,4-5,8,10-13H2,1-3H3,(H3,26,28,30)/b27-16+/t14-,17-,18-,20+,22-,23-,24?,25+/m0/s1. The van der Waals surface area contributed by atoms with Gasteiger partial charge in [0, 0.05) is 23.2 Å². The van der Waals surface area contributed by atoms with Crippen LogP contribution in [0.25, 0.3) is 0 Å². The zero-order valence-corrected chi connectivity index (χ0v) is 20.0. The van der Waals surface area contributed by atoms with Crippen molar-refractivity contribution in [1.29, 1.82) is 0 Å². The fraction of sp³-hybridized carbons (Fsp3) is 0.720. The van der Waals surface area contributed by atoms with Crippen LogP contribution in [0.15, 0.2) is 28.9 Å². The number of hydrogen-bond acceptors (Lipinski definition) is 7. The van der Waals surface area contributed by atoms with Crippen molar-refractivity contribution in [3.63, 3.8) is 0 Å².